The number of hydrogen-bond acceptors (Lipinski definition) is 18. The molecule has 0 saturated carbocycles. The van der Waals surface area contributed by atoms with Gasteiger partial charge in [-0.05, 0) is 0 Å². The minimum Gasteiger partial charge on any atom is -0.276 e. The van der Waals surface area contributed by atoms with Crippen LogP contribution in [0.15, 0.2) is 15.0 Å². The van der Waals surface area contributed by atoms with Crippen LogP contribution in [0.25, 0.3) is 0 Å². The molecule has 0 aromatic heterocycles. The second-order valence-corrected chi connectivity index (χ2v) is 9.71. The summed E-state index contributed by atoms with van der Waals surface area (Å²) in [5, 5.41) is 76.9. The van der Waals surface area contributed by atoms with Crippen molar-refractivity contribution in [1.29, 1.82) is 31.6 Å². The summed E-state index contributed by atoms with van der Waals surface area (Å²) < 4.78 is 0. The number of nitrogens with zero attached hydrogens (tertiary/aromatic N) is 12. The van der Waals surface area contributed by atoms with Gasteiger partial charge in [0.15, 0.2) is 0 Å². The third-order valence-electron chi connectivity index (χ3n) is 7.72. The maximum Gasteiger partial charge on any atom is 0.215 e. The van der Waals surface area contributed by atoms with Crippen LogP contribution < -0.4 is 31.9 Å². The Morgan fingerprint density at radius 1 is 0.410 bits per heavy atom. The zero-order valence-corrected chi connectivity index (χ0v) is 19.8. The van der Waals surface area contributed by atoms with Crippen molar-refractivity contribution in [1.82, 2.24) is 46.6 Å². The lowest BCUT2D eigenvalue weighted by Crippen LogP contribution is -2.77. The van der Waals surface area contributed by atoms with Gasteiger partial charge in [0.1, 0.15) is 73.2 Å². The molecule has 18 heteroatoms. The Morgan fingerprint density at radius 3 is 0.872 bits per heavy atom. The van der Waals surface area contributed by atoms with Gasteiger partial charge in [0, 0.05) is 0 Å². The summed E-state index contributed by atoms with van der Waals surface area (Å²) in [6, 6.07) is 7.70. The first-order valence-electron chi connectivity index (χ1n) is 12.1. The summed E-state index contributed by atoms with van der Waals surface area (Å²) in [7, 11) is 0. The van der Waals surface area contributed by atoms with E-state index in [9.17, 15) is 31.6 Å². The molecule has 0 amide bonds. The van der Waals surface area contributed by atoms with Crippen LogP contribution in [-0.4, -0.2) is 106 Å². The molecule has 4 fully saturated rings. The second-order valence-electron chi connectivity index (χ2n) is 9.71. The Hall–Kier alpha value is -4.89. The van der Waals surface area contributed by atoms with Gasteiger partial charge in [-0.25, -0.2) is 15.0 Å². The van der Waals surface area contributed by atoms with Crippen molar-refractivity contribution in [2.24, 2.45) is 15.0 Å². The first kappa shape index (κ1) is 23.2. The monoisotopic (exact) mass is 522 g/mol. The molecule has 7 aliphatic rings. The second kappa shape index (κ2) is 8.31. The fourth-order valence-electron chi connectivity index (χ4n) is 5.98. The molecule has 12 unspecified atom stereocenters. The van der Waals surface area contributed by atoms with Crippen LogP contribution in [0.5, 0.6) is 0 Å². The highest BCUT2D eigenvalue weighted by molar-refractivity contribution is 6.19. The van der Waals surface area contributed by atoms with Crippen molar-refractivity contribution in [2.45, 2.75) is 73.2 Å². The summed E-state index contributed by atoms with van der Waals surface area (Å²) in [4.78, 5) is 19.9. The van der Waals surface area contributed by atoms with Crippen LogP contribution in [0.3, 0.4) is 0 Å². The van der Waals surface area contributed by atoms with Crippen molar-refractivity contribution in [3.05, 3.63) is 0 Å². The first-order chi connectivity index (χ1) is 19.0. The normalized spacial score (nSPS) is 44.5. The lowest BCUT2D eigenvalue weighted by Gasteiger charge is -2.48. The van der Waals surface area contributed by atoms with E-state index in [1.54, 1.807) is 14.7 Å². The number of rotatable bonds is 0. The maximum atomic E-state index is 9.70. The van der Waals surface area contributed by atoms with Gasteiger partial charge in [0.2, 0.25) is 17.9 Å². The van der Waals surface area contributed by atoms with Crippen molar-refractivity contribution >= 4 is 17.9 Å². The van der Waals surface area contributed by atoms with Crippen molar-refractivity contribution in [3.63, 3.8) is 0 Å². The van der Waals surface area contributed by atoms with Gasteiger partial charge in [-0.1, -0.05) is 0 Å². The van der Waals surface area contributed by atoms with Crippen LogP contribution in [0.1, 0.15) is 0 Å². The Balaban J connectivity index is 1.34. The standard InChI is InChI=1S/C21H18N18/c22-1-7-10(4-25)31-16-13(28-7)34-19-37(16)20-35-15-18(33-12(6-27)9(3-24)30-15)39(20)21-36-14-17(38(19)21)32-11(5-26)8(2-23)29-14/h7-18,28-33H. The number of piperazine rings is 3. The minimum absolute atomic E-state index is 0.412. The van der Waals surface area contributed by atoms with E-state index < -0.39 is 73.2 Å². The van der Waals surface area contributed by atoms with E-state index in [0.717, 1.165) is 0 Å². The SMILES string of the molecule is N#CC1NC2N=C3N(C4=NC5NC(C#N)C(C#N)NC5N4C4=NC5NC(C#N)C(C#N)NC5N34)C2NC1C#N. The maximum absolute atomic E-state index is 9.70. The molecular formula is C21H18N18. The molecule has 192 valence electrons. The van der Waals surface area contributed by atoms with E-state index in [4.69, 9.17) is 15.0 Å². The molecular weight excluding hydrogens is 504 g/mol. The number of nitrogens with one attached hydrogen (secondary N) is 6. The number of nitriles is 6. The van der Waals surface area contributed by atoms with E-state index in [1.165, 1.54) is 0 Å². The highest BCUT2D eigenvalue weighted by atomic mass is 15.7. The highest BCUT2D eigenvalue weighted by Crippen LogP contribution is 2.37. The number of aliphatic imine (C=N–C) groups is 3. The van der Waals surface area contributed by atoms with E-state index in [1.807, 2.05) is 0 Å². The Labute approximate surface area is 221 Å². The van der Waals surface area contributed by atoms with E-state index in [2.05, 4.69) is 68.3 Å². The molecule has 0 bridgehead atoms. The predicted molar refractivity (Wildman–Crippen MR) is 126 cm³/mol. The van der Waals surface area contributed by atoms with Crippen molar-refractivity contribution < 1.29 is 0 Å². The predicted octanol–water partition coefficient (Wildman–Crippen LogP) is -5.10. The molecule has 0 spiro atoms. The summed E-state index contributed by atoms with van der Waals surface area (Å²) >= 11 is 0. The number of fused-ring (bicyclic) bond motifs is 12. The van der Waals surface area contributed by atoms with Gasteiger partial charge in [-0.2, -0.15) is 31.6 Å². The van der Waals surface area contributed by atoms with Gasteiger partial charge >= 0.3 is 0 Å². The van der Waals surface area contributed by atoms with Crippen LogP contribution in [0.2, 0.25) is 0 Å². The average molecular weight is 523 g/mol. The fraction of sp³-hybridized carbons (Fsp3) is 0.571. The van der Waals surface area contributed by atoms with Gasteiger partial charge < -0.3 is 0 Å². The molecule has 0 aromatic rings. The molecule has 0 aliphatic carbocycles. The summed E-state index contributed by atoms with van der Waals surface area (Å²) in [5.41, 5.74) is 0. The van der Waals surface area contributed by atoms with Gasteiger partial charge in [0.05, 0.1) is 36.4 Å². The highest BCUT2D eigenvalue weighted by Gasteiger charge is 2.62. The Bertz CT molecular complexity index is 1280. The first-order valence-corrected chi connectivity index (χ1v) is 12.1. The fourth-order valence-corrected chi connectivity index (χ4v) is 5.98. The van der Waals surface area contributed by atoms with Crippen LogP contribution in [-0.2, 0) is 0 Å². The largest absolute Gasteiger partial charge is 0.276 e. The summed E-state index contributed by atoms with van der Waals surface area (Å²) in [6.45, 7) is 0. The lowest BCUT2D eigenvalue weighted by molar-refractivity contribution is 0.162. The average Bonchev–Trinajstić information content (AvgIpc) is 3.64. The number of guanidine groups is 3. The van der Waals surface area contributed by atoms with Crippen molar-refractivity contribution in [3.8, 4) is 36.4 Å². The van der Waals surface area contributed by atoms with Crippen LogP contribution >= 0.6 is 0 Å². The molecule has 0 radical (unpaired) electrons. The van der Waals surface area contributed by atoms with E-state index in [0.29, 0.717) is 17.9 Å². The molecule has 6 N–H and O–H groups in total. The smallest absolute Gasteiger partial charge is 0.215 e. The summed E-state index contributed by atoms with van der Waals surface area (Å²) in [5.74, 6) is 1.24. The van der Waals surface area contributed by atoms with Gasteiger partial charge in [-0.15, -0.1) is 0 Å². The molecule has 12 atom stereocenters. The van der Waals surface area contributed by atoms with E-state index in [-0.39, 0.29) is 0 Å². The minimum atomic E-state index is -0.832. The Kier molecular flexibility index (Phi) is 4.95. The zero-order valence-electron chi connectivity index (χ0n) is 19.8. The van der Waals surface area contributed by atoms with Gasteiger partial charge in [0.25, 0.3) is 0 Å². The molecule has 7 heterocycles. The van der Waals surface area contributed by atoms with Crippen molar-refractivity contribution in [2.75, 3.05) is 0 Å². The third-order valence-corrected chi connectivity index (χ3v) is 7.72. The molecule has 39 heavy (non-hydrogen) atoms. The lowest BCUT2D eigenvalue weighted by atomic mass is 10.1. The quantitative estimate of drug-likeness (QED) is 0.174. The zero-order chi connectivity index (χ0) is 27.0. The summed E-state index contributed by atoms with van der Waals surface area (Å²) in [6.07, 6.45) is -3.71. The van der Waals surface area contributed by atoms with Gasteiger partial charge in [-0.3, -0.25) is 46.6 Å². The molecule has 7 aliphatic heterocycles. The topological polar surface area (TPSA) is 262 Å². The molecule has 4 saturated heterocycles. The van der Waals surface area contributed by atoms with E-state index >= 15 is 0 Å². The molecule has 18 nitrogen and oxygen atoms in total. The Morgan fingerprint density at radius 2 is 0.641 bits per heavy atom. The third kappa shape index (κ3) is 3.01. The molecule has 0 aromatic carbocycles. The molecule has 7 rings (SSSR count). The van der Waals surface area contributed by atoms with Crippen LogP contribution in [0.4, 0.5) is 0 Å². The van der Waals surface area contributed by atoms with Crippen LogP contribution in [0, 0.1) is 68.0 Å². The number of hydrogen-bond donors (Lipinski definition) is 6.